The first-order valence-corrected chi connectivity index (χ1v) is 6.88. The van der Waals surface area contributed by atoms with Crippen molar-refractivity contribution in [2.24, 2.45) is 0 Å². The van der Waals surface area contributed by atoms with Gasteiger partial charge in [0, 0.05) is 24.7 Å². The highest BCUT2D eigenvalue weighted by Crippen LogP contribution is 2.36. The van der Waals surface area contributed by atoms with Gasteiger partial charge in [0.2, 0.25) is 0 Å². The zero-order valence-corrected chi connectivity index (χ0v) is 11.6. The molecule has 0 amide bonds. The van der Waals surface area contributed by atoms with Gasteiger partial charge in [0.05, 0.1) is 19.8 Å². The maximum absolute atomic E-state index is 14.9. The predicted molar refractivity (Wildman–Crippen MR) is 73.2 cm³/mol. The van der Waals surface area contributed by atoms with Gasteiger partial charge < -0.3 is 9.84 Å². The first-order chi connectivity index (χ1) is 9.14. The van der Waals surface area contributed by atoms with Crippen LogP contribution in [0.15, 0.2) is 24.3 Å². The third kappa shape index (κ3) is 3.89. The Bertz CT molecular complexity index is 418. The minimum atomic E-state index is -1.32. The lowest BCUT2D eigenvalue weighted by atomic mass is 9.95. The first-order valence-electron chi connectivity index (χ1n) is 6.50. The van der Waals surface area contributed by atoms with Crippen LogP contribution in [-0.2, 0) is 10.4 Å². The van der Waals surface area contributed by atoms with E-state index in [0.29, 0.717) is 49.9 Å². The number of likely N-dealkylation sites (tertiary alicyclic amines) is 1. The van der Waals surface area contributed by atoms with Crippen molar-refractivity contribution in [2.75, 3.05) is 39.5 Å². The summed E-state index contributed by atoms with van der Waals surface area (Å²) in [6, 6.07) is 7.03. The quantitative estimate of drug-likeness (QED) is 0.815. The fourth-order valence-corrected chi connectivity index (χ4v) is 2.59. The first kappa shape index (κ1) is 14.7. The van der Waals surface area contributed by atoms with Gasteiger partial charge in [0.1, 0.15) is 5.67 Å². The Morgan fingerprint density at radius 3 is 3.00 bits per heavy atom. The average molecular weight is 288 g/mol. The smallest absolute Gasteiger partial charge is 0.149 e. The molecule has 1 fully saturated rings. The van der Waals surface area contributed by atoms with Crippen LogP contribution in [0.4, 0.5) is 4.39 Å². The van der Waals surface area contributed by atoms with E-state index in [1.54, 1.807) is 24.3 Å². The number of nitrogens with zero attached hydrogens (tertiary/aromatic N) is 1. The molecule has 1 saturated heterocycles. The molecule has 1 aliphatic rings. The second-order valence-corrected chi connectivity index (χ2v) is 5.27. The minimum absolute atomic E-state index is 0.0234. The summed E-state index contributed by atoms with van der Waals surface area (Å²) in [6.45, 7) is 2.65. The zero-order valence-electron chi connectivity index (χ0n) is 10.8. The summed E-state index contributed by atoms with van der Waals surface area (Å²) in [5, 5.41) is 9.17. The van der Waals surface area contributed by atoms with Crippen LogP contribution >= 0.6 is 11.6 Å². The number of hydrogen-bond donors (Lipinski definition) is 1. The molecule has 1 aromatic rings. The van der Waals surface area contributed by atoms with Gasteiger partial charge in [-0.25, -0.2) is 4.39 Å². The molecule has 19 heavy (non-hydrogen) atoms. The molecule has 5 heteroatoms. The van der Waals surface area contributed by atoms with E-state index in [2.05, 4.69) is 0 Å². The summed E-state index contributed by atoms with van der Waals surface area (Å²) in [7, 11) is 0. The molecular weight excluding hydrogens is 269 g/mol. The van der Waals surface area contributed by atoms with E-state index in [0.717, 1.165) is 0 Å². The van der Waals surface area contributed by atoms with Crippen LogP contribution in [0, 0.1) is 0 Å². The number of hydrogen-bond acceptors (Lipinski definition) is 3. The lowest BCUT2D eigenvalue weighted by Gasteiger charge is -2.21. The Labute approximate surface area is 117 Å². The van der Waals surface area contributed by atoms with Crippen LogP contribution in [0.3, 0.4) is 0 Å². The normalized spacial score (nSPS) is 23.9. The Balaban J connectivity index is 1.89. The van der Waals surface area contributed by atoms with Crippen LogP contribution in [0.5, 0.6) is 0 Å². The minimum Gasteiger partial charge on any atom is -0.394 e. The van der Waals surface area contributed by atoms with E-state index in [-0.39, 0.29) is 6.61 Å². The molecule has 1 heterocycles. The molecule has 1 aromatic carbocycles. The summed E-state index contributed by atoms with van der Waals surface area (Å²) in [5.41, 5.74) is -0.666. The molecule has 1 aliphatic heterocycles. The van der Waals surface area contributed by atoms with Crippen LogP contribution in [0.1, 0.15) is 12.0 Å². The van der Waals surface area contributed by atoms with Crippen molar-refractivity contribution < 1.29 is 14.2 Å². The number of ether oxygens (including phenoxy) is 1. The molecule has 0 unspecified atom stereocenters. The van der Waals surface area contributed by atoms with Gasteiger partial charge in [-0.15, -0.1) is 0 Å². The van der Waals surface area contributed by atoms with Gasteiger partial charge in [-0.1, -0.05) is 23.7 Å². The van der Waals surface area contributed by atoms with Crippen molar-refractivity contribution in [3.05, 3.63) is 34.9 Å². The third-order valence-electron chi connectivity index (χ3n) is 3.43. The van der Waals surface area contributed by atoms with Crippen LogP contribution in [0.2, 0.25) is 5.02 Å². The van der Waals surface area contributed by atoms with Crippen LogP contribution < -0.4 is 0 Å². The molecule has 2 rings (SSSR count). The maximum atomic E-state index is 14.9. The van der Waals surface area contributed by atoms with E-state index >= 15 is 0 Å². The Kier molecular flexibility index (Phi) is 5.16. The largest absolute Gasteiger partial charge is 0.394 e. The van der Waals surface area contributed by atoms with E-state index in [4.69, 9.17) is 21.4 Å². The van der Waals surface area contributed by atoms with Crippen molar-refractivity contribution in [1.29, 1.82) is 0 Å². The van der Waals surface area contributed by atoms with Gasteiger partial charge in [-0.3, -0.25) is 4.90 Å². The zero-order chi connectivity index (χ0) is 13.7. The highest BCUT2D eigenvalue weighted by molar-refractivity contribution is 6.30. The Morgan fingerprint density at radius 1 is 1.42 bits per heavy atom. The number of halogens is 2. The monoisotopic (exact) mass is 287 g/mol. The molecule has 106 valence electrons. The van der Waals surface area contributed by atoms with Gasteiger partial charge in [0.15, 0.2) is 0 Å². The Hall–Kier alpha value is -0.680. The lowest BCUT2D eigenvalue weighted by molar-refractivity contribution is 0.0733. The molecule has 0 bridgehead atoms. The van der Waals surface area contributed by atoms with E-state index in [9.17, 15) is 4.39 Å². The highest BCUT2D eigenvalue weighted by atomic mass is 35.5. The van der Waals surface area contributed by atoms with Crippen molar-refractivity contribution >= 4 is 11.6 Å². The molecule has 0 radical (unpaired) electrons. The third-order valence-corrected chi connectivity index (χ3v) is 3.66. The summed E-state index contributed by atoms with van der Waals surface area (Å²) in [6.07, 6.45) is 0.480. The standard InChI is InChI=1S/C14H19ClFNO2/c15-13-3-1-2-12(10-13)14(16)4-5-17(11-14)6-8-19-9-7-18/h1-3,10,18H,4-9,11H2/t14-/m0/s1. The predicted octanol–water partition coefficient (Wildman–Crippen LogP) is 2.22. The maximum Gasteiger partial charge on any atom is 0.149 e. The molecule has 0 aliphatic carbocycles. The molecule has 3 nitrogen and oxygen atoms in total. The molecule has 1 atom stereocenters. The van der Waals surface area contributed by atoms with Crippen LogP contribution in [0.25, 0.3) is 0 Å². The van der Waals surface area contributed by atoms with E-state index in [1.807, 2.05) is 4.90 Å². The number of benzene rings is 1. The average Bonchev–Trinajstić information content (AvgIpc) is 2.78. The number of rotatable bonds is 6. The topological polar surface area (TPSA) is 32.7 Å². The van der Waals surface area contributed by atoms with E-state index < -0.39 is 5.67 Å². The fourth-order valence-electron chi connectivity index (χ4n) is 2.40. The number of alkyl halides is 1. The molecule has 0 aromatic heterocycles. The second kappa shape index (κ2) is 6.66. The summed E-state index contributed by atoms with van der Waals surface area (Å²) in [4.78, 5) is 2.04. The Morgan fingerprint density at radius 2 is 2.26 bits per heavy atom. The fraction of sp³-hybridized carbons (Fsp3) is 0.571. The van der Waals surface area contributed by atoms with Gasteiger partial charge in [0.25, 0.3) is 0 Å². The lowest BCUT2D eigenvalue weighted by Crippen LogP contribution is -2.30. The van der Waals surface area contributed by atoms with Crippen molar-refractivity contribution in [3.63, 3.8) is 0 Å². The van der Waals surface area contributed by atoms with Gasteiger partial charge in [-0.2, -0.15) is 0 Å². The molecular formula is C14H19ClFNO2. The van der Waals surface area contributed by atoms with Gasteiger partial charge in [-0.05, 0) is 24.1 Å². The molecule has 0 spiro atoms. The molecule has 1 N–H and O–H groups in total. The number of aliphatic hydroxyl groups is 1. The van der Waals surface area contributed by atoms with Crippen molar-refractivity contribution in [3.8, 4) is 0 Å². The number of aliphatic hydroxyl groups excluding tert-OH is 1. The SMILES string of the molecule is OCCOCCN1CC[C@@](F)(c2cccc(Cl)c2)C1. The summed E-state index contributed by atoms with van der Waals surface area (Å²) in [5.74, 6) is 0. The molecule has 0 saturated carbocycles. The second-order valence-electron chi connectivity index (χ2n) is 4.84. The summed E-state index contributed by atoms with van der Waals surface area (Å²) < 4.78 is 20.1. The highest BCUT2D eigenvalue weighted by Gasteiger charge is 2.39. The van der Waals surface area contributed by atoms with Crippen LogP contribution in [-0.4, -0.2) is 49.5 Å². The van der Waals surface area contributed by atoms with Crippen molar-refractivity contribution in [2.45, 2.75) is 12.1 Å². The van der Waals surface area contributed by atoms with E-state index in [1.165, 1.54) is 0 Å². The summed E-state index contributed by atoms with van der Waals surface area (Å²) >= 11 is 5.92. The van der Waals surface area contributed by atoms with Crippen molar-refractivity contribution in [1.82, 2.24) is 4.90 Å². The van der Waals surface area contributed by atoms with Gasteiger partial charge >= 0.3 is 0 Å².